The molecule has 0 bridgehead atoms. The third-order valence-electron chi connectivity index (χ3n) is 3.19. The second-order valence-corrected chi connectivity index (χ2v) is 6.24. The summed E-state index contributed by atoms with van der Waals surface area (Å²) in [6, 6.07) is 7.61. The first kappa shape index (κ1) is 14.7. The van der Waals surface area contributed by atoms with Crippen molar-refractivity contribution in [1.29, 1.82) is 0 Å². The lowest BCUT2D eigenvalue weighted by Crippen LogP contribution is -2.05. The highest BCUT2D eigenvalue weighted by Crippen LogP contribution is 2.27. The zero-order chi connectivity index (χ0) is 15.7. The van der Waals surface area contributed by atoms with Gasteiger partial charge in [0.05, 0.1) is 6.10 Å². The minimum Gasteiger partial charge on any atom is -0.491 e. The van der Waals surface area contributed by atoms with E-state index < -0.39 is 0 Å². The third kappa shape index (κ3) is 2.62. The van der Waals surface area contributed by atoms with Crippen molar-refractivity contribution in [2.75, 3.05) is 0 Å². The number of ether oxygens (including phenoxy) is 1. The van der Waals surface area contributed by atoms with Crippen molar-refractivity contribution in [1.82, 2.24) is 14.6 Å². The van der Waals surface area contributed by atoms with Gasteiger partial charge in [0, 0.05) is 5.56 Å². The van der Waals surface area contributed by atoms with Crippen LogP contribution < -0.4 is 4.74 Å². The van der Waals surface area contributed by atoms with E-state index in [1.807, 2.05) is 45.0 Å². The minimum absolute atomic E-state index is 0.131. The van der Waals surface area contributed by atoms with Gasteiger partial charge in [0.25, 0.3) is 0 Å². The van der Waals surface area contributed by atoms with Crippen molar-refractivity contribution >= 4 is 22.6 Å². The first-order valence-corrected chi connectivity index (χ1v) is 8.04. The number of aromatic nitrogens is 3. The molecule has 0 unspecified atom stereocenters. The van der Waals surface area contributed by atoms with Crippen LogP contribution in [0.1, 0.15) is 36.3 Å². The standard InChI is InChI=1S/C16H17N3O2S/c1-4-14-18-19-13(9-20)15(17-16(19)22-14)11-5-7-12(8-6-11)21-10(2)3/h5-10H,4H2,1-3H3. The van der Waals surface area contributed by atoms with Gasteiger partial charge in [-0.2, -0.15) is 9.61 Å². The molecule has 0 spiro atoms. The lowest BCUT2D eigenvalue weighted by molar-refractivity contribution is 0.111. The molecule has 0 aliphatic carbocycles. The number of rotatable bonds is 5. The van der Waals surface area contributed by atoms with Gasteiger partial charge in [-0.3, -0.25) is 4.79 Å². The Bertz CT molecular complexity index is 803. The number of benzene rings is 1. The molecule has 114 valence electrons. The van der Waals surface area contributed by atoms with Gasteiger partial charge in [-0.25, -0.2) is 4.98 Å². The molecule has 5 nitrogen and oxygen atoms in total. The zero-order valence-electron chi connectivity index (χ0n) is 12.7. The number of fused-ring (bicyclic) bond motifs is 1. The Balaban J connectivity index is 2.02. The van der Waals surface area contributed by atoms with Crippen molar-refractivity contribution in [2.45, 2.75) is 33.3 Å². The summed E-state index contributed by atoms with van der Waals surface area (Å²) in [7, 11) is 0. The van der Waals surface area contributed by atoms with Crippen LogP contribution in [0, 0.1) is 0 Å². The predicted molar refractivity (Wildman–Crippen MR) is 86.8 cm³/mol. The van der Waals surface area contributed by atoms with Gasteiger partial charge in [-0.1, -0.05) is 18.3 Å². The molecule has 0 fully saturated rings. The maximum Gasteiger partial charge on any atom is 0.213 e. The summed E-state index contributed by atoms with van der Waals surface area (Å²) in [6.07, 6.45) is 1.78. The highest BCUT2D eigenvalue weighted by atomic mass is 32.1. The number of carbonyl (C=O) groups excluding carboxylic acids is 1. The second kappa shape index (κ2) is 5.88. The van der Waals surface area contributed by atoms with E-state index in [4.69, 9.17) is 4.74 Å². The van der Waals surface area contributed by atoms with E-state index in [0.29, 0.717) is 11.4 Å². The molecule has 6 heteroatoms. The summed E-state index contributed by atoms with van der Waals surface area (Å²) < 4.78 is 7.26. The van der Waals surface area contributed by atoms with Crippen LogP contribution in [0.5, 0.6) is 5.75 Å². The molecule has 0 saturated heterocycles. The van der Waals surface area contributed by atoms with Crippen LogP contribution in [0.4, 0.5) is 0 Å². The Morgan fingerprint density at radius 2 is 2.05 bits per heavy atom. The van der Waals surface area contributed by atoms with Gasteiger partial charge >= 0.3 is 0 Å². The van der Waals surface area contributed by atoms with E-state index in [1.54, 1.807) is 4.52 Å². The quantitative estimate of drug-likeness (QED) is 0.675. The fourth-order valence-corrected chi connectivity index (χ4v) is 3.07. The Labute approximate surface area is 132 Å². The van der Waals surface area contributed by atoms with Gasteiger partial charge < -0.3 is 4.74 Å². The zero-order valence-corrected chi connectivity index (χ0v) is 13.6. The average molecular weight is 315 g/mol. The molecule has 2 aromatic heterocycles. The highest BCUT2D eigenvalue weighted by molar-refractivity contribution is 7.16. The first-order chi connectivity index (χ1) is 10.6. The SMILES string of the molecule is CCc1nn2c(C=O)c(-c3ccc(OC(C)C)cc3)nc2s1. The fraction of sp³-hybridized carbons (Fsp3) is 0.312. The van der Waals surface area contributed by atoms with E-state index in [9.17, 15) is 4.79 Å². The molecule has 0 aliphatic heterocycles. The van der Waals surface area contributed by atoms with Crippen molar-refractivity contribution in [3.8, 4) is 17.0 Å². The molecule has 3 aromatic rings. The van der Waals surface area contributed by atoms with E-state index >= 15 is 0 Å². The molecule has 22 heavy (non-hydrogen) atoms. The molecular formula is C16H17N3O2S. The summed E-state index contributed by atoms with van der Waals surface area (Å²) >= 11 is 1.51. The van der Waals surface area contributed by atoms with Crippen LogP contribution in [-0.2, 0) is 6.42 Å². The van der Waals surface area contributed by atoms with Crippen LogP contribution in [0.25, 0.3) is 16.2 Å². The summed E-state index contributed by atoms with van der Waals surface area (Å²) in [5.74, 6) is 0.804. The molecule has 0 aliphatic rings. The number of aryl methyl sites for hydroxylation is 1. The summed E-state index contributed by atoms with van der Waals surface area (Å²) in [4.78, 5) is 16.8. The number of nitrogens with zero attached hydrogens (tertiary/aromatic N) is 3. The third-order valence-corrected chi connectivity index (χ3v) is 4.25. The molecule has 0 saturated carbocycles. The van der Waals surface area contributed by atoms with Gasteiger partial charge in [0.15, 0.2) is 6.29 Å². The summed E-state index contributed by atoms with van der Waals surface area (Å²) in [5, 5.41) is 5.39. The number of carbonyl (C=O) groups is 1. The monoisotopic (exact) mass is 315 g/mol. The van der Waals surface area contributed by atoms with E-state index in [2.05, 4.69) is 10.1 Å². The van der Waals surface area contributed by atoms with Crippen LogP contribution in [-0.4, -0.2) is 27.0 Å². The lowest BCUT2D eigenvalue weighted by Gasteiger charge is -2.09. The van der Waals surface area contributed by atoms with Crippen LogP contribution in [0.3, 0.4) is 0 Å². The van der Waals surface area contributed by atoms with E-state index in [0.717, 1.165) is 34.0 Å². The van der Waals surface area contributed by atoms with Gasteiger partial charge in [0.2, 0.25) is 4.96 Å². The van der Waals surface area contributed by atoms with Crippen molar-refractivity contribution < 1.29 is 9.53 Å². The Morgan fingerprint density at radius 1 is 1.32 bits per heavy atom. The van der Waals surface area contributed by atoms with Crippen LogP contribution in [0.2, 0.25) is 0 Å². The summed E-state index contributed by atoms with van der Waals surface area (Å²) in [6.45, 7) is 6.00. The highest BCUT2D eigenvalue weighted by Gasteiger charge is 2.17. The van der Waals surface area contributed by atoms with E-state index in [-0.39, 0.29) is 6.10 Å². The van der Waals surface area contributed by atoms with Gasteiger partial charge in [-0.05, 0) is 44.5 Å². The number of imidazole rings is 1. The first-order valence-electron chi connectivity index (χ1n) is 7.23. The van der Waals surface area contributed by atoms with Crippen molar-refractivity contribution in [3.63, 3.8) is 0 Å². The molecule has 0 atom stereocenters. The topological polar surface area (TPSA) is 56.5 Å². The van der Waals surface area contributed by atoms with Crippen molar-refractivity contribution in [2.24, 2.45) is 0 Å². The lowest BCUT2D eigenvalue weighted by atomic mass is 10.1. The molecule has 0 N–H and O–H groups in total. The predicted octanol–water partition coefficient (Wildman–Crippen LogP) is 3.62. The Kier molecular flexibility index (Phi) is 3.94. The Hall–Kier alpha value is -2.21. The molecule has 0 radical (unpaired) electrons. The number of hydrogen-bond donors (Lipinski definition) is 0. The average Bonchev–Trinajstić information content (AvgIpc) is 3.04. The smallest absolute Gasteiger partial charge is 0.213 e. The number of hydrogen-bond acceptors (Lipinski definition) is 5. The van der Waals surface area contributed by atoms with Crippen LogP contribution >= 0.6 is 11.3 Å². The Morgan fingerprint density at radius 3 is 2.64 bits per heavy atom. The maximum atomic E-state index is 11.5. The normalized spacial score (nSPS) is 11.3. The largest absolute Gasteiger partial charge is 0.491 e. The van der Waals surface area contributed by atoms with Gasteiger partial charge in [0.1, 0.15) is 22.1 Å². The molecular weight excluding hydrogens is 298 g/mol. The fourth-order valence-electron chi connectivity index (χ4n) is 2.23. The minimum atomic E-state index is 0.131. The molecule has 1 aromatic carbocycles. The van der Waals surface area contributed by atoms with Gasteiger partial charge in [-0.15, -0.1) is 0 Å². The number of aldehydes is 1. The molecule has 0 amide bonds. The molecule has 2 heterocycles. The molecule has 3 rings (SSSR count). The van der Waals surface area contributed by atoms with E-state index in [1.165, 1.54) is 11.3 Å². The van der Waals surface area contributed by atoms with Crippen LogP contribution in [0.15, 0.2) is 24.3 Å². The second-order valence-electron chi connectivity index (χ2n) is 5.20. The van der Waals surface area contributed by atoms with Crippen molar-refractivity contribution in [3.05, 3.63) is 35.0 Å². The maximum absolute atomic E-state index is 11.5. The summed E-state index contributed by atoms with van der Waals surface area (Å²) in [5.41, 5.74) is 2.03.